The normalized spacial score (nSPS) is 14.3. The summed E-state index contributed by atoms with van der Waals surface area (Å²) < 4.78 is 8.57. The highest BCUT2D eigenvalue weighted by atomic mass is 16.5. The first-order valence-electron chi connectivity index (χ1n) is 9.40. The van der Waals surface area contributed by atoms with Crippen LogP contribution in [0.2, 0.25) is 0 Å². The van der Waals surface area contributed by atoms with Gasteiger partial charge in [0, 0.05) is 31.4 Å². The average Bonchev–Trinajstić information content (AvgIpc) is 3.36. The number of methoxy groups -OCH3 is 1. The van der Waals surface area contributed by atoms with Crippen molar-refractivity contribution < 1.29 is 14.6 Å². The van der Waals surface area contributed by atoms with Gasteiger partial charge in [-0.2, -0.15) is 4.52 Å². The van der Waals surface area contributed by atoms with Crippen LogP contribution in [-0.2, 0) is 19.5 Å². The van der Waals surface area contributed by atoms with E-state index in [1.165, 1.54) is 0 Å². The van der Waals surface area contributed by atoms with E-state index in [0.29, 0.717) is 61.2 Å². The number of rotatable bonds is 5. The van der Waals surface area contributed by atoms with Crippen molar-refractivity contribution in [2.75, 3.05) is 25.9 Å². The second-order valence-electron chi connectivity index (χ2n) is 7.01. The van der Waals surface area contributed by atoms with Crippen molar-refractivity contribution in [3.05, 3.63) is 35.7 Å². The van der Waals surface area contributed by atoms with Crippen molar-refractivity contribution in [1.29, 1.82) is 0 Å². The lowest BCUT2D eigenvalue weighted by molar-refractivity contribution is 0.0673. The highest BCUT2D eigenvalue weighted by Gasteiger charge is 2.24. The molecule has 0 spiro atoms. The van der Waals surface area contributed by atoms with E-state index in [4.69, 9.17) is 15.6 Å². The highest BCUT2D eigenvalue weighted by Crippen LogP contribution is 2.27. The molecule has 0 unspecified atom stereocenters. The first kappa shape index (κ1) is 18.2. The molecule has 0 saturated heterocycles. The molecule has 12 nitrogen and oxygen atoms in total. The summed E-state index contributed by atoms with van der Waals surface area (Å²) in [6, 6.07) is 5.62. The number of benzene rings is 1. The smallest absolute Gasteiger partial charge is 0.374 e. The Kier molecular flexibility index (Phi) is 4.20. The number of anilines is 1. The molecule has 1 aromatic carbocycles. The molecule has 3 aromatic heterocycles. The summed E-state index contributed by atoms with van der Waals surface area (Å²) in [7, 11) is 1.59. The van der Waals surface area contributed by atoms with E-state index in [9.17, 15) is 4.79 Å². The van der Waals surface area contributed by atoms with Gasteiger partial charge >= 0.3 is 5.97 Å². The second-order valence-corrected chi connectivity index (χ2v) is 7.01. The maximum Gasteiger partial charge on any atom is 0.374 e. The van der Waals surface area contributed by atoms with Gasteiger partial charge in [0.1, 0.15) is 17.1 Å². The van der Waals surface area contributed by atoms with Crippen LogP contribution >= 0.6 is 0 Å². The molecule has 154 valence electrons. The number of aromatic carboxylic acids is 1. The van der Waals surface area contributed by atoms with E-state index in [-0.39, 0.29) is 11.8 Å². The minimum absolute atomic E-state index is 0.0167. The molecule has 0 saturated carbocycles. The van der Waals surface area contributed by atoms with Crippen molar-refractivity contribution >= 4 is 28.5 Å². The third-order valence-corrected chi connectivity index (χ3v) is 5.23. The first-order valence-corrected chi connectivity index (χ1v) is 9.40. The van der Waals surface area contributed by atoms with Crippen LogP contribution in [-0.4, -0.2) is 70.5 Å². The van der Waals surface area contributed by atoms with Crippen LogP contribution in [0.15, 0.2) is 18.2 Å². The van der Waals surface area contributed by atoms with Crippen LogP contribution < -0.4 is 10.5 Å². The number of hydrogen-bond donors (Lipinski definition) is 2. The van der Waals surface area contributed by atoms with Gasteiger partial charge in [-0.1, -0.05) is 6.07 Å². The van der Waals surface area contributed by atoms with Gasteiger partial charge in [0.05, 0.1) is 13.7 Å². The Morgan fingerprint density at radius 2 is 2.13 bits per heavy atom. The number of aromatic nitrogens is 7. The Bertz CT molecular complexity index is 1280. The molecule has 12 heteroatoms. The van der Waals surface area contributed by atoms with Crippen LogP contribution in [0.5, 0.6) is 5.75 Å². The van der Waals surface area contributed by atoms with Crippen LogP contribution in [0.1, 0.15) is 22.3 Å². The summed E-state index contributed by atoms with van der Waals surface area (Å²) in [6.45, 7) is 2.45. The van der Waals surface area contributed by atoms with Crippen molar-refractivity contribution in [1.82, 2.24) is 39.2 Å². The molecule has 4 heterocycles. The molecule has 30 heavy (non-hydrogen) atoms. The predicted octanol–water partition coefficient (Wildman–Crippen LogP) is 0.216. The maximum absolute atomic E-state index is 11.2. The minimum atomic E-state index is -1.06. The molecule has 0 aliphatic carbocycles. The van der Waals surface area contributed by atoms with Gasteiger partial charge in [0.25, 0.3) is 0 Å². The summed E-state index contributed by atoms with van der Waals surface area (Å²) in [4.78, 5) is 22.5. The minimum Gasteiger partial charge on any atom is -0.494 e. The number of nitrogens with two attached hydrogens (primary N) is 1. The van der Waals surface area contributed by atoms with Crippen molar-refractivity contribution in [3.8, 4) is 5.75 Å². The highest BCUT2D eigenvalue weighted by molar-refractivity contribution is 5.95. The quantitative estimate of drug-likeness (QED) is 0.468. The fourth-order valence-corrected chi connectivity index (χ4v) is 3.75. The Hall–Kier alpha value is -3.80. The van der Waals surface area contributed by atoms with Crippen LogP contribution in [0, 0.1) is 0 Å². The molecule has 3 N–H and O–H groups in total. The number of carboxylic acid groups (broad SMARTS) is 1. The van der Waals surface area contributed by atoms with Gasteiger partial charge in [-0.05, 0) is 12.1 Å². The summed E-state index contributed by atoms with van der Waals surface area (Å²) >= 11 is 0. The van der Waals surface area contributed by atoms with E-state index < -0.39 is 5.97 Å². The number of carbonyl (C=O) groups is 1. The number of nitrogen functional groups attached to an aromatic ring is 1. The fraction of sp³-hybridized carbons (Fsp3) is 0.333. The van der Waals surface area contributed by atoms with Gasteiger partial charge < -0.3 is 20.1 Å². The van der Waals surface area contributed by atoms with Crippen LogP contribution in [0.3, 0.4) is 0 Å². The lowest BCUT2D eigenvalue weighted by Crippen LogP contribution is -2.36. The number of nitrogens with zero attached hydrogens (tertiary/aromatic N) is 8. The zero-order valence-electron chi connectivity index (χ0n) is 16.2. The molecular weight excluding hydrogens is 390 g/mol. The molecule has 0 radical (unpaired) electrons. The second kappa shape index (κ2) is 6.91. The van der Waals surface area contributed by atoms with Gasteiger partial charge in [-0.25, -0.2) is 14.8 Å². The summed E-state index contributed by atoms with van der Waals surface area (Å²) in [5.74, 6) is 1.09. The fourth-order valence-electron chi connectivity index (χ4n) is 3.75. The molecular formula is C18H19N9O3. The molecule has 0 bridgehead atoms. The van der Waals surface area contributed by atoms with Crippen molar-refractivity contribution in [2.45, 2.75) is 19.5 Å². The Morgan fingerprint density at radius 1 is 1.27 bits per heavy atom. The summed E-state index contributed by atoms with van der Waals surface area (Å²) in [5.41, 5.74) is 7.38. The van der Waals surface area contributed by atoms with E-state index in [0.717, 1.165) is 5.39 Å². The molecule has 5 rings (SSSR count). The number of para-hydroxylation sites is 1. The molecule has 1 aliphatic rings. The van der Waals surface area contributed by atoms with Crippen LogP contribution in [0.25, 0.3) is 16.6 Å². The molecule has 1 aliphatic heterocycles. The van der Waals surface area contributed by atoms with Gasteiger partial charge in [0.2, 0.25) is 11.8 Å². The number of carboxylic acids is 1. The van der Waals surface area contributed by atoms with E-state index in [2.05, 4.69) is 30.2 Å². The summed E-state index contributed by atoms with van der Waals surface area (Å²) in [6.07, 6.45) is 0.604. The topological polar surface area (TPSA) is 150 Å². The monoisotopic (exact) mass is 409 g/mol. The largest absolute Gasteiger partial charge is 0.494 e. The van der Waals surface area contributed by atoms with Crippen molar-refractivity contribution in [2.24, 2.45) is 0 Å². The number of hydrogen-bond acceptors (Lipinski definition) is 9. The summed E-state index contributed by atoms with van der Waals surface area (Å²) in [5, 5.41) is 22.3. The zero-order chi connectivity index (χ0) is 20.8. The Morgan fingerprint density at radius 3 is 2.93 bits per heavy atom. The first-order chi connectivity index (χ1) is 14.5. The predicted molar refractivity (Wildman–Crippen MR) is 105 cm³/mol. The third-order valence-electron chi connectivity index (χ3n) is 5.23. The zero-order valence-corrected chi connectivity index (χ0v) is 16.2. The molecule has 0 fully saturated rings. The standard InChI is InChI=1S/C18H19N9O3/c1-30-11-4-2-3-10-14(11)21-18(19)27-15(10)20-12(24-27)5-6-25-7-8-26-13(9-25)22-23-16(26)17(28)29/h2-4H,5-9H2,1H3,(H2,19,21)(H,28,29). The van der Waals surface area contributed by atoms with Crippen molar-refractivity contribution in [3.63, 3.8) is 0 Å². The van der Waals surface area contributed by atoms with E-state index in [1.54, 1.807) is 16.2 Å². The molecule has 4 aromatic rings. The number of fused-ring (bicyclic) bond motifs is 4. The third kappa shape index (κ3) is 2.88. The lowest BCUT2D eigenvalue weighted by atomic mass is 10.2. The average molecular weight is 409 g/mol. The van der Waals surface area contributed by atoms with Gasteiger partial charge in [0.15, 0.2) is 11.5 Å². The van der Waals surface area contributed by atoms with E-state index in [1.807, 2.05) is 18.2 Å². The van der Waals surface area contributed by atoms with Gasteiger partial charge in [-0.15, -0.1) is 15.3 Å². The van der Waals surface area contributed by atoms with Gasteiger partial charge in [-0.3, -0.25) is 4.90 Å². The molecule has 0 amide bonds. The number of ether oxygens (including phenoxy) is 1. The van der Waals surface area contributed by atoms with Crippen LogP contribution in [0.4, 0.5) is 5.95 Å². The molecule has 0 atom stereocenters. The Balaban J connectivity index is 1.38. The SMILES string of the molecule is COc1cccc2c1nc(N)n1nc(CCN3CCn4c(nnc4C(=O)O)C3)nc21. The van der Waals surface area contributed by atoms with E-state index >= 15 is 0 Å². The lowest BCUT2D eigenvalue weighted by Gasteiger charge is -2.26. The maximum atomic E-state index is 11.2. The Labute approximate surface area is 169 Å².